The lowest BCUT2D eigenvalue weighted by molar-refractivity contribution is -0.143. The molecule has 2 fully saturated rings. The normalized spacial score (nSPS) is 23.6. The van der Waals surface area contributed by atoms with Crippen molar-refractivity contribution in [3.8, 4) is 0 Å². The highest BCUT2D eigenvalue weighted by atomic mass is 16.7. The quantitative estimate of drug-likeness (QED) is 0.704. The van der Waals surface area contributed by atoms with Gasteiger partial charge in [0.2, 0.25) is 5.91 Å². The lowest BCUT2D eigenvalue weighted by Crippen LogP contribution is -2.37. The van der Waals surface area contributed by atoms with E-state index in [0.29, 0.717) is 6.54 Å². The number of hydroxylamine groups is 1. The van der Waals surface area contributed by atoms with Crippen LogP contribution >= 0.6 is 0 Å². The summed E-state index contributed by atoms with van der Waals surface area (Å²) < 4.78 is 0. The fraction of sp³-hybridized carbons (Fsp3) is 0.391. The Morgan fingerprint density at radius 1 is 0.966 bits per heavy atom. The number of nitrogens with zero attached hydrogens (tertiary/aromatic N) is 3. The smallest absolute Gasteiger partial charge is 0.261 e. The summed E-state index contributed by atoms with van der Waals surface area (Å²) >= 11 is 0. The molecule has 0 aromatic heterocycles. The highest BCUT2D eigenvalue weighted by Gasteiger charge is 2.59. The predicted octanol–water partition coefficient (Wildman–Crippen LogP) is 3.40. The Balaban J connectivity index is 1.72. The maximum Gasteiger partial charge on any atom is 0.261 e. The third kappa shape index (κ3) is 3.38. The van der Waals surface area contributed by atoms with E-state index in [9.17, 15) is 9.59 Å². The Bertz CT molecular complexity index is 882. The van der Waals surface area contributed by atoms with Gasteiger partial charge in [-0.2, -0.15) is 0 Å². The van der Waals surface area contributed by atoms with Gasteiger partial charge in [-0.25, -0.2) is 5.06 Å². The molecule has 152 valence electrons. The van der Waals surface area contributed by atoms with Gasteiger partial charge in [0.15, 0.2) is 6.10 Å². The molecule has 0 radical (unpaired) electrons. The molecule has 0 aliphatic carbocycles. The van der Waals surface area contributed by atoms with Crippen molar-refractivity contribution in [2.24, 2.45) is 5.92 Å². The molecule has 2 amide bonds. The number of benzene rings is 2. The molecule has 0 bridgehead atoms. The number of imide groups is 1. The Morgan fingerprint density at radius 3 is 2.28 bits per heavy atom. The number of carbonyl (C=O) groups excluding carboxylic acids is 2. The van der Waals surface area contributed by atoms with Gasteiger partial charge >= 0.3 is 0 Å². The van der Waals surface area contributed by atoms with Crippen molar-refractivity contribution in [3.63, 3.8) is 0 Å². The lowest BCUT2D eigenvalue weighted by atomic mass is 9.90. The van der Waals surface area contributed by atoms with Crippen LogP contribution in [-0.2, 0) is 14.4 Å². The third-order valence-electron chi connectivity index (χ3n) is 5.70. The Kier molecular flexibility index (Phi) is 5.28. The highest BCUT2D eigenvalue weighted by molar-refractivity contribution is 6.07. The number of fused-ring (bicyclic) bond motifs is 1. The maximum atomic E-state index is 13.2. The number of carbonyl (C=O) groups is 2. The Morgan fingerprint density at radius 2 is 1.66 bits per heavy atom. The largest absolute Gasteiger partial charge is 0.378 e. The molecule has 2 aromatic carbocycles. The molecule has 6 nitrogen and oxygen atoms in total. The van der Waals surface area contributed by atoms with E-state index in [4.69, 9.17) is 4.84 Å². The number of hydrogen-bond acceptors (Lipinski definition) is 5. The van der Waals surface area contributed by atoms with Gasteiger partial charge in [-0.05, 0) is 36.2 Å². The van der Waals surface area contributed by atoms with Gasteiger partial charge in [0, 0.05) is 26.3 Å². The Hall–Kier alpha value is -2.86. The van der Waals surface area contributed by atoms with Crippen LogP contribution in [0.4, 0.5) is 11.4 Å². The van der Waals surface area contributed by atoms with Crippen molar-refractivity contribution in [2.45, 2.75) is 31.9 Å². The average Bonchev–Trinajstić information content (AvgIpc) is 3.24. The van der Waals surface area contributed by atoms with E-state index in [2.05, 4.69) is 6.92 Å². The van der Waals surface area contributed by atoms with Crippen molar-refractivity contribution in [1.82, 2.24) is 4.90 Å². The van der Waals surface area contributed by atoms with Gasteiger partial charge in [0.05, 0.1) is 11.7 Å². The fourth-order valence-corrected chi connectivity index (χ4v) is 4.12. The number of para-hydroxylation sites is 1. The van der Waals surface area contributed by atoms with Crippen LogP contribution in [0.3, 0.4) is 0 Å². The van der Waals surface area contributed by atoms with Crippen molar-refractivity contribution < 1.29 is 14.4 Å². The molecule has 0 spiro atoms. The van der Waals surface area contributed by atoms with Crippen molar-refractivity contribution in [1.29, 1.82) is 0 Å². The molecule has 0 saturated carbocycles. The molecule has 3 unspecified atom stereocenters. The summed E-state index contributed by atoms with van der Waals surface area (Å²) in [6, 6.07) is 17.4. The van der Waals surface area contributed by atoms with E-state index in [1.807, 2.05) is 73.6 Å². The summed E-state index contributed by atoms with van der Waals surface area (Å²) in [5.41, 5.74) is 2.88. The fourth-order valence-electron chi connectivity index (χ4n) is 4.12. The van der Waals surface area contributed by atoms with Crippen LogP contribution in [0.2, 0.25) is 0 Å². The molecular weight excluding hydrogens is 366 g/mol. The minimum atomic E-state index is -0.766. The van der Waals surface area contributed by atoms with E-state index in [1.54, 1.807) is 5.06 Å². The van der Waals surface area contributed by atoms with Crippen LogP contribution in [-0.4, -0.2) is 43.5 Å². The zero-order valence-corrected chi connectivity index (χ0v) is 17.1. The molecule has 4 rings (SSSR count). The van der Waals surface area contributed by atoms with Crippen LogP contribution in [0.25, 0.3) is 0 Å². The summed E-state index contributed by atoms with van der Waals surface area (Å²) in [6.07, 6.45) is 0.971. The summed E-state index contributed by atoms with van der Waals surface area (Å²) in [5, 5.41) is 1.74. The van der Waals surface area contributed by atoms with Gasteiger partial charge in [-0.15, -0.1) is 0 Å². The maximum absolute atomic E-state index is 13.2. The van der Waals surface area contributed by atoms with E-state index >= 15 is 0 Å². The number of anilines is 2. The van der Waals surface area contributed by atoms with Crippen LogP contribution in [0.5, 0.6) is 0 Å². The molecule has 29 heavy (non-hydrogen) atoms. The molecular formula is C23H27N3O3. The van der Waals surface area contributed by atoms with Gasteiger partial charge in [0.1, 0.15) is 5.92 Å². The minimum absolute atomic E-state index is 0.131. The van der Waals surface area contributed by atoms with Gasteiger partial charge in [0.25, 0.3) is 5.91 Å². The van der Waals surface area contributed by atoms with Gasteiger partial charge < -0.3 is 4.90 Å². The first-order valence-corrected chi connectivity index (χ1v) is 10.2. The molecule has 0 N–H and O–H groups in total. The predicted molar refractivity (Wildman–Crippen MR) is 112 cm³/mol. The molecule has 2 aromatic rings. The first kappa shape index (κ1) is 19.5. The van der Waals surface area contributed by atoms with E-state index in [1.165, 1.54) is 4.90 Å². The molecule has 2 heterocycles. The first-order valence-electron chi connectivity index (χ1n) is 10.2. The molecule has 3 atom stereocenters. The third-order valence-corrected chi connectivity index (χ3v) is 5.70. The van der Waals surface area contributed by atoms with Crippen LogP contribution in [0.1, 0.15) is 31.4 Å². The molecule has 2 aliphatic heterocycles. The number of unbranched alkanes of at least 4 members (excludes halogenated alkanes) is 1. The minimum Gasteiger partial charge on any atom is -0.378 e. The second-order valence-electron chi connectivity index (χ2n) is 7.83. The zero-order valence-electron chi connectivity index (χ0n) is 17.1. The second kappa shape index (κ2) is 7.87. The van der Waals surface area contributed by atoms with Crippen molar-refractivity contribution in [2.75, 3.05) is 30.6 Å². The first-order chi connectivity index (χ1) is 14.0. The van der Waals surface area contributed by atoms with Crippen LogP contribution in [0, 0.1) is 5.92 Å². The van der Waals surface area contributed by atoms with Crippen molar-refractivity contribution >= 4 is 23.2 Å². The summed E-state index contributed by atoms with van der Waals surface area (Å²) in [5.74, 6) is -0.889. The number of amides is 2. The second-order valence-corrected chi connectivity index (χ2v) is 7.83. The number of rotatable bonds is 6. The zero-order chi connectivity index (χ0) is 20.5. The SMILES string of the molecule is CCCCN1C(=O)C2ON(c3ccccc3)C(c3ccc(N(C)C)cc3)C2C1=O. The number of likely N-dealkylation sites (tertiary alicyclic amines) is 1. The summed E-state index contributed by atoms with van der Waals surface area (Å²) in [4.78, 5) is 35.7. The van der Waals surface area contributed by atoms with E-state index in [0.717, 1.165) is 29.8 Å². The van der Waals surface area contributed by atoms with Gasteiger partial charge in [-0.3, -0.25) is 19.3 Å². The van der Waals surface area contributed by atoms with E-state index < -0.39 is 12.0 Å². The standard InChI is InChI=1S/C23H27N3O3/c1-4-5-15-25-22(27)19-20(16-11-13-17(14-12-16)24(2)3)26(29-21(19)23(25)28)18-9-7-6-8-10-18/h6-14,19-21H,4-5,15H2,1-3H3. The lowest BCUT2D eigenvalue weighted by Gasteiger charge is -2.29. The number of hydrogen-bond donors (Lipinski definition) is 0. The summed E-state index contributed by atoms with van der Waals surface area (Å²) in [6.45, 7) is 2.51. The monoisotopic (exact) mass is 393 g/mol. The topological polar surface area (TPSA) is 53.1 Å². The van der Waals surface area contributed by atoms with Crippen LogP contribution < -0.4 is 9.96 Å². The molecule has 2 saturated heterocycles. The highest BCUT2D eigenvalue weighted by Crippen LogP contribution is 2.46. The van der Waals surface area contributed by atoms with Crippen LogP contribution in [0.15, 0.2) is 54.6 Å². The summed E-state index contributed by atoms with van der Waals surface area (Å²) in [7, 11) is 3.98. The Labute approximate surface area is 171 Å². The van der Waals surface area contributed by atoms with E-state index in [-0.39, 0.29) is 17.9 Å². The van der Waals surface area contributed by atoms with Gasteiger partial charge in [-0.1, -0.05) is 43.7 Å². The molecule has 6 heteroatoms. The molecule has 2 aliphatic rings. The van der Waals surface area contributed by atoms with Crippen molar-refractivity contribution in [3.05, 3.63) is 60.2 Å². The average molecular weight is 393 g/mol.